The number of hydrogen-bond donors (Lipinski definition) is 2. The van der Waals surface area contributed by atoms with Crippen LogP contribution in [0.3, 0.4) is 0 Å². The molecule has 2 aromatic rings. The van der Waals surface area contributed by atoms with Crippen molar-refractivity contribution in [1.29, 1.82) is 0 Å². The SMILES string of the molecule is CN(C(=O)Cc1ccc(Cl)c(Cl)c1)[C@H]1c2ccc(O)cc2CC[C@@H]1[NH+]1CCCC1. The Morgan fingerprint density at radius 3 is 2.62 bits per heavy atom. The highest BCUT2D eigenvalue weighted by Crippen LogP contribution is 2.35. The fourth-order valence-electron chi connectivity index (χ4n) is 4.99. The number of likely N-dealkylation sites (tertiary alicyclic amines) is 1. The normalized spacial score (nSPS) is 21.8. The zero-order chi connectivity index (χ0) is 20.5. The second-order valence-corrected chi connectivity index (χ2v) is 9.08. The van der Waals surface area contributed by atoms with Crippen molar-refractivity contribution < 1.29 is 14.8 Å². The molecule has 2 N–H and O–H groups in total. The number of nitrogens with zero attached hydrogens (tertiary/aromatic N) is 1. The van der Waals surface area contributed by atoms with Gasteiger partial charge in [0.05, 0.1) is 29.6 Å². The van der Waals surface area contributed by atoms with Gasteiger partial charge >= 0.3 is 0 Å². The van der Waals surface area contributed by atoms with Crippen molar-refractivity contribution in [3.8, 4) is 5.75 Å². The molecule has 4 rings (SSSR count). The van der Waals surface area contributed by atoms with Crippen LogP contribution in [0.1, 0.15) is 42.0 Å². The molecule has 1 fully saturated rings. The number of carbonyl (C=O) groups is 1. The molecule has 0 radical (unpaired) electrons. The number of halogens is 2. The molecule has 1 aliphatic heterocycles. The molecule has 4 nitrogen and oxygen atoms in total. The highest BCUT2D eigenvalue weighted by Gasteiger charge is 2.41. The summed E-state index contributed by atoms with van der Waals surface area (Å²) in [4.78, 5) is 16.7. The summed E-state index contributed by atoms with van der Waals surface area (Å²) in [6.45, 7) is 2.34. The molecule has 2 aliphatic rings. The first-order valence-electron chi connectivity index (χ1n) is 10.3. The third-order valence-electron chi connectivity index (χ3n) is 6.47. The molecular formula is C23H27Cl2N2O2+. The Balaban J connectivity index is 1.62. The maximum atomic E-state index is 13.2. The molecule has 2 aromatic carbocycles. The van der Waals surface area contributed by atoms with E-state index in [-0.39, 0.29) is 11.9 Å². The lowest BCUT2D eigenvalue weighted by Gasteiger charge is -2.41. The van der Waals surface area contributed by atoms with E-state index in [1.165, 1.54) is 31.5 Å². The van der Waals surface area contributed by atoms with E-state index >= 15 is 0 Å². The number of aromatic hydroxyl groups is 1. The van der Waals surface area contributed by atoms with Gasteiger partial charge in [-0.15, -0.1) is 0 Å². The van der Waals surface area contributed by atoms with Gasteiger partial charge in [-0.25, -0.2) is 0 Å². The van der Waals surface area contributed by atoms with E-state index in [1.807, 2.05) is 30.1 Å². The monoisotopic (exact) mass is 433 g/mol. The number of phenols is 1. The summed E-state index contributed by atoms with van der Waals surface area (Å²) in [5.74, 6) is 0.358. The number of rotatable bonds is 4. The zero-order valence-electron chi connectivity index (χ0n) is 16.6. The van der Waals surface area contributed by atoms with Crippen molar-refractivity contribution in [3.05, 3.63) is 63.1 Å². The van der Waals surface area contributed by atoms with Crippen molar-refractivity contribution in [2.45, 2.75) is 44.2 Å². The van der Waals surface area contributed by atoms with Crippen LogP contribution < -0.4 is 4.90 Å². The topological polar surface area (TPSA) is 45.0 Å². The van der Waals surface area contributed by atoms with Gasteiger partial charge in [-0.2, -0.15) is 0 Å². The molecule has 1 saturated heterocycles. The first-order valence-corrected chi connectivity index (χ1v) is 11.1. The minimum absolute atomic E-state index is 0.0164. The summed E-state index contributed by atoms with van der Waals surface area (Å²) >= 11 is 12.1. The molecule has 1 aliphatic carbocycles. The molecule has 29 heavy (non-hydrogen) atoms. The molecule has 6 heteroatoms. The van der Waals surface area contributed by atoms with Gasteiger partial charge in [0.2, 0.25) is 5.91 Å². The number of phenolic OH excluding ortho intramolecular Hbond substituents is 1. The van der Waals surface area contributed by atoms with Crippen LogP contribution in [-0.2, 0) is 17.6 Å². The largest absolute Gasteiger partial charge is 0.508 e. The van der Waals surface area contributed by atoms with E-state index in [2.05, 4.69) is 0 Å². The first-order chi connectivity index (χ1) is 13.9. The van der Waals surface area contributed by atoms with Crippen LogP contribution in [0.2, 0.25) is 10.0 Å². The highest BCUT2D eigenvalue weighted by atomic mass is 35.5. The Kier molecular flexibility index (Phi) is 6.05. The molecule has 2 atom stereocenters. The quantitative estimate of drug-likeness (QED) is 0.775. The lowest BCUT2D eigenvalue weighted by molar-refractivity contribution is -0.917. The number of likely N-dealkylation sites (N-methyl/N-ethyl adjacent to an activating group) is 1. The van der Waals surface area contributed by atoms with E-state index in [0.717, 1.165) is 24.0 Å². The lowest BCUT2D eigenvalue weighted by atomic mass is 9.82. The molecule has 0 spiro atoms. The summed E-state index contributed by atoms with van der Waals surface area (Å²) < 4.78 is 0. The summed E-state index contributed by atoms with van der Waals surface area (Å²) in [7, 11) is 1.91. The fourth-order valence-corrected chi connectivity index (χ4v) is 5.31. The number of quaternary nitrogens is 1. The van der Waals surface area contributed by atoms with Gasteiger partial charge in [0, 0.05) is 26.3 Å². The van der Waals surface area contributed by atoms with E-state index < -0.39 is 0 Å². The summed E-state index contributed by atoms with van der Waals surface area (Å²) in [6.07, 6.45) is 4.77. The van der Waals surface area contributed by atoms with E-state index in [4.69, 9.17) is 23.2 Å². The van der Waals surface area contributed by atoms with Gasteiger partial charge in [-0.3, -0.25) is 4.79 Å². The average molecular weight is 434 g/mol. The maximum absolute atomic E-state index is 13.2. The van der Waals surface area contributed by atoms with Crippen molar-refractivity contribution in [3.63, 3.8) is 0 Å². The Labute approximate surface area is 182 Å². The number of nitrogens with one attached hydrogen (secondary N) is 1. The van der Waals surface area contributed by atoms with Gasteiger partial charge in [-0.05, 0) is 47.4 Å². The molecular weight excluding hydrogens is 407 g/mol. The van der Waals surface area contributed by atoms with Gasteiger partial charge in [-0.1, -0.05) is 35.3 Å². The van der Waals surface area contributed by atoms with E-state index in [1.54, 1.807) is 23.1 Å². The van der Waals surface area contributed by atoms with Crippen LogP contribution in [0.25, 0.3) is 0 Å². The third-order valence-corrected chi connectivity index (χ3v) is 7.21. The summed E-state index contributed by atoms with van der Waals surface area (Å²) in [5, 5.41) is 10.9. The minimum Gasteiger partial charge on any atom is -0.508 e. The van der Waals surface area contributed by atoms with Crippen LogP contribution in [0.5, 0.6) is 5.75 Å². The summed E-state index contributed by atoms with van der Waals surface area (Å²) in [6, 6.07) is 11.4. The fraction of sp³-hybridized carbons (Fsp3) is 0.435. The number of benzene rings is 2. The third kappa shape index (κ3) is 4.25. The Bertz CT molecular complexity index is 912. The maximum Gasteiger partial charge on any atom is 0.227 e. The van der Waals surface area contributed by atoms with Crippen molar-refractivity contribution >= 4 is 29.1 Å². The number of fused-ring (bicyclic) bond motifs is 1. The van der Waals surface area contributed by atoms with Crippen molar-refractivity contribution in [2.24, 2.45) is 0 Å². The van der Waals surface area contributed by atoms with E-state index in [0.29, 0.717) is 28.3 Å². The molecule has 0 bridgehead atoms. The Morgan fingerprint density at radius 2 is 1.90 bits per heavy atom. The first kappa shape index (κ1) is 20.5. The van der Waals surface area contributed by atoms with Crippen LogP contribution >= 0.6 is 23.2 Å². The number of aryl methyl sites for hydroxylation is 1. The Morgan fingerprint density at radius 1 is 1.14 bits per heavy atom. The van der Waals surface area contributed by atoms with Crippen LogP contribution in [-0.4, -0.2) is 42.1 Å². The van der Waals surface area contributed by atoms with Gasteiger partial charge in [0.25, 0.3) is 0 Å². The predicted octanol–water partition coefficient (Wildman–Crippen LogP) is 3.43. The zero-order valence-corrected chi connectivity index (χ0v) is 18.1. The number of hydrogen-bond acceptors (Lipinski definition) is 2. The number of carbonyl (C=O) groups excluding carboxylic acids is 1. The van der Waals surface area contributed by atoms with Gasteiger partial charge in [0.1, 0.15) is 17.8 Å². The molecule has 154 valence electrons. The molecule has 1 heterocycles. The van der Waals surface area contributed by atoms with Gasteiger partial charge in [0.15, 0.2) is 0 Å². The molecule has 0 saturated carbocycles. The lowest BCUT2D eigenvalue weighted by Crippen LogP contribution is -3.15. The Hall–Kier alpha value is -1.75. The van der Waals surface area contributed by atoms with Crippen LogP contribution in [0.4, 0.5) is 0 Å². The van der Waals surface area contributed by atoms with Crippen LogP contribution in [0.15, 0.2) is 36.4 Å². The number of amides is 1. The van der Waals surface area contributed by atoms with Gasteiger partial charge < -0.3 is 14.9 Å². The van der Waals surface area contributed by atoms with Crippen LogP contribution in [0, 0.1) is 0 Å². The average Bonchev–Trinajstić information content (AvgIpc) is 3.24. The second-order valence-electron chi connectivity index (χ2n) is 8.27. The molecule has 1 amide bonds. The minimum atomic E-state index is 0.0164. The standard InChI is InChI=1S/C23H26Cl2N2O2/c1-26(22(29)13-15-4-8-19(24)20(25)12-15)23-18-7-6-17(28)14-16(18)5-9-21(23)27-10-2-3-11-27/h4,6-8,12,14,21,23,28H,2-3,5,9-11,13H2,1H3/p+1/t21-,23-/m0/s1. The molecule has 0 unspecified atom stereocenters. The van der Waals surface area contributed by atoms with Crippen molar-refractivity contribution in [1.82, 2.24) is 4.90 Å². The van der Waals surface area contributed by atoms with E-state index in [9.17, 15) is 9.90 Å². The predicted molar refractivity (Wildman–Crippen MR) is 116 cm³/mol. The summed E-state index contributed by atoms with van der Waals surface area (Å²) in [5.41, 5.74) is 3.19. The van der Waals surface area contributed by atoms with Crippen molar-refractivity contribution in [2.75, 3.05) is 20.1 Å². The smallest absolute Gasteiger partial charge is 0.227 e. The molecule has 0 aromatic heterocycles. The highest BCUT2D eigenvalue weighted by molar-refractivity contribution is 6.42. The second kappa shape index (κ2) is 8.55.